The molecule has 1 rings (SSSR count). The van der Waals surface area contributed by atoms with Crippen molar-refractivity contribution in [1.82, 2.24) is 15.2 Å². The lowest BCUT2D eigenvalue weighted by Crippen LogP contribution is -2.43. The van der Waals surface area contributed by atoms with E-state index in [1.165, 1.54) is 19.1 Å². The van der Waals surface area contributed by atoms with Crippen molar-refractivity contribution in [2.45, 2.75) is 4.90 Å². The molecule has 9 heteroatoms. The number of rotatable bonds is 5. The van der Waals surface area contributed by atoms with E-state index in [0.717, 1.165) is 18.2 Å². The molecule has 0 aliphatic rings. The SMILES string of the molecule is CN(C)NC(=O)CNS(=O)(=O)c1c(F)cccc1F. The van der Waals surface area contributed by atoms with Crippen LogP contribution >= 0.6 is 0 Å². The number of hydrogen-bond acceptors (Lipinski definition) is 4. The third-order valence-corrected chi connectivity index (χ3v) is 3.41. The van der Waals surface area contributed by atoms with Gasteiger partial charge in [-0.25, -0.2) is 26.9 Å². The van der Waals surface area contributed by atoms with Gasteiger partial charge >= 0.3 is 0 Å². The Kier molecular flexibility index (Phi) is 4.92. The minimum absolute atomic E-state index is 0.631. The van der Waals surface area contributed by atoms with Gasteiger partial charge < -0.3 is 0 Å². The maximum Gasteiger partial charge on any atom is 0.249 e. The summed E-state index contributed by atoms with van der Waals surface area (Å²) < 4.78 is 51.8. The monoisotopic (exact) mass is 293 g/mol. The summed E-state index contributed by atoms with van der Waals surface area (Å²) in [4.78, 5) is 10.1. The second-order valence-electron chi connectivity index (χ2n) is 3.80. The van der Waals surface area contributed by atoms with Gasteiger partial charge in [-0.15, -0.1) is 0 Å². The summed E-state index contributed by atoms with van der Waals surface area (Å²) in [6.45, 7) is -0.631. The summed E-state index contributed by atoms with van der Waals surface area (Å²) in [6, 6.07) is 2.68. The molecule has 6 nitrogen and oxygen atoms in total. The molecule has 0 radical (unpaired) electrons. The van der Waals surface area contributed by atoms with Crippen molar-refractivity contribution in [1.29, 1.82) is 0 Å². The van der Waals surface area contributed by atoms with E-state index in [9.17, 15) is 22.0 Å². The highest BCUT2D eigenvalue weighted by atomic mass is 32.2. The summed E-state index contributed by atoms with van der Waals surface area (Å²) in [5, 5.41) is 1.31. The molecule has 0 aromatic heterocycles. The highest BCUT2D eigenvalue weighted by molar-refractivity contribution is 7.89. The molecule has 1 aromatic rings. The van der Waals surface area contributed by atoms with E-state index < -0.39 is 39.0 Å². The lowest BCUT2D eigenvalue weighted by molar-refractivity contribution is -0.123. The fourth-order valence-corrected chi connectivity index (χ4v) is 2.38. The van der Waals surface area contributed by atoms with Crippen LogP contribution in [0.5, 0.6) is 0 Å². The Hall–Kier alpha value is -1.58. The molecule has 0 spiro atoms. The van der Waals surface area contributed by atoms with Crippen LogP contribution in [0.1, 0.15) is 0 Å². The number of halogens is 2. The van der Waals surface area contributed by atoms with Crippen LogP contribution in [0.3, 0.4) is 0 Å². The largest absolute Gasteiger partial charge is 0.288 e. The molecule has 1 aromatic carbocycles. The molecule has 0 aliphatic carbocycles. The van der Waals surface area contributed by atoms with Crippen molar-refractivity contribution in [3.8, 4) is 0 Å². The van der Waals surface area contributed by atoms with Crippen molar-refractivity contribution in [3.05, 3.63) is 29.8 Å². The van der Waals surface area contributed by atoms with Gasteiger partial charge in [-0.05, 0) is 12.1 Å². The number of carbonyl (C=O) groups is 1. The van der Waals surface area contributed by atoms with Gasteiger partial charge in [0.05, 0.1) is 6.54 Å². The quantitative estimate of drug-likeness (QED) is 0.739. The number of hydrazine groups is 1. The van der Waals surface area contributed by atoms with Crippen molar-refractivity contribution in [3.63, 3.8) is 0 Å². The van der Waals surface area contributed by atoms with Gasteiger partial charge in [-0.3, -0.25) is 10.2 Å². The molecule has 19 heavy (non-hydrogen) atoms. The summed E-state index contributed by atoms with van der Waals surface area (Å²) in [5.41, 5.74) is 2.28. The minimum atomic E-state index is -4.43. The van der Waals surface area contributed by atoms with Crippen LogP contribution in [-0.2, 0) is 14.8 Å². The van der Waals surface area contributed by atoms with Crippen LogP contribution in [0.15, 0.2) is 23.1 Å². The average Bonchev–Trinajstić information content (AvgIpc) is 2.25. The highest BCUT2D eigenvalue weighted by Crippen LogP contribution is 2.17. The fourth-order valence-electron chi connectivity index (χ4n) is 1.26. The van der Waals surface area contributed by atoms with Crippen molar-refractivity contribution >= 4 is 15.9 Å². The summed E-state index contributed by atoms with van der Waals surface area (Å²) in [7, 11) is -1.37. The normalized spacial score (nSPS) is 11.6. The number of amides is 1. The van der Waals surface area contributed by atoms with Gasteiger partial charge in [0.15, 0.2) is 4.90 Å². The number of hydrogen-bond donors (Lipinski definition) is 2. The predicted molar refractivity (Wildman–Crippen MR) is 63.4 cm³/mol. The maximum atomic E-state index is 13.3. The molecule has 2 N–H and O–H groups in total. The fraction of sp³-hybridized carbons (Fsp3) is 0.300. The van der Waals surface area contributed by atoms with Gasteiger partial charge in [-0.1, -0.05) is 6.07 Å². The summed E-state index contributed by atoms with van der Waals surface area (Å²) in [5.74, 6) is -3.11. The van der Waals surface area contributed by atoms with Crippen LogP contribution in [0, 0.1) is 11.6 Å². The van der Waals surface area contributed by atoms with E-state index in [1.807, 2.05) is 4.72 Å². The highest BCUT2D eigenvalue weighted by Gasteiger charge is 2.24. The molecule has 1 amide bonds. The molecule has 0 fully saturated rings. The molecule has 0 aliphatic heterocycles. The van der Waals surface area contributed by atoms with Gasteiger partial charge in [0, 0.05) is 14.1 Å². The molecule has 0 saturated heterocycles. The van der Waals surface area contributed by atoms with Crippen molar-refractivity contribution in [2.24, 2.45) is 0 Å². The van der Waals surface area contributed by atoms with E-state index in [-0.39, 0.29) is 0 Å². The topological polar surface area (TPSA) is 78.5 Å². The van der Waals surface area contributed by atoms with Gasteiger partial charge in [0.1, 0.15) is 11.6 Å². The first kappa shape index (κ1) is 15.5. The Labute approximate surface area is 109 Å². The molecule has 106 valence electrons. The first-order valence-corrected chi connectivity index (χ1v) is 6.63. The van der Waals surface area contributed by atoms with Crippen LogP contribution in [-0.4, -0.2) is 40.0 Å². The third-order valence-electron chi connectivity index (χ3n) is 1.96. The van der Waals surface area contributed by atoms with Crippen LogP contribution in [0.4, 0.5) is 8.78 Å². The second-order valence-corrected chi connectivity index (χ2v) is 5.51. The number of benzene rings is 1. The number of carbonyl (C=O) groups excluding carboxylic acids is 1. The Morgan fingerprint density at radius 1 is 1.26 bits per heavy atom. The number of nitrogens with one attached hydrogen (secondary N) is 2. The predicted octanol–water partition coefficient (Wildman–Crippen LogP) is -0.164. The van der Waals surface area contributed by atoms with E-state index >= 15 is 0 Å². The molecular weight excluding hydrogens is 280 g/mol. The van der Waals surface area contributed by atoms with Gasteiger partial charge in [0.25, 0.3) is 0 Å². The average molecular weight is 293 g/mol. The molecule has 0 unspecified atom stereocenters. The number of nitrogens with zero attached hydrogens (tertiary/aromatic N) is 1. The van der Waals surface area contributed by atoms with Crippen molar-refractivity contribution in [2.75, 3.05) is 20.6 Å². The van der Waals surface area contributed by atoms with E-state index in [0.29, 0.717) is 0 Å². The van der Waals surface area contributed by atoms with Gasteiger partial charge in [0.2, 0.25) is 15.9 Å². The van der Waals surface area contributed by atoms with E-state index in [2.05, 4.69) is 5.43 Å². The molecule has 0 bridgehead atoms. The Morgan fingerprint density at radius 2 is 1.79 bits per heavy atom. The van der Waals surface area contributed by atoms with Crippen molar-refractivity contribution < 1.29 is 22.0 Å². The first-order chi connectivity index (χ1) is 8.74. The third kappa shape index (κ3) is 4.23. The Bertz CT molecular complexity index is 555. The maximum absolute atomic E-state index is 13.3. The zero-order valence-electron chi connectivity index (χ0n) is 10.3. The van der Waals surface area contributed by atoms with Crippen LogP contribution in [0.2, 0.25) is 0 Å². The lowest BCUT2D eigenvalue weighted by Gasteiger charge is -2.12. The van der Waals surface area contributed by atoms with E-state index in [1.54, 1.807) is 0 Å². The zero-order chi connectivity index (χ0) is 14.6. The molecule has 0 saturated carbocycles. The smallest absolute Gasteiger partial charge is 0.249 e. The Balaban J connectivity index is 2.85. The summed E-state index contributed by atoms with van der Waals surface area (Å²) in [6.07, 6.45) is 0. The van der Waals surface area contributed by atoms with Gasteiger partial charge in [-0.2, -0.15) is 0 Å². The van der Waals surface area contributed by atoms with Crippen LogP contribution in [0.25, 0.3) is 0 Å². The minimum Gasteiger partial charge on any atom is -0.288 e. The standard InChI is InChI=1S/C10H13F2N3O3S/c1-15(2)14-9(16)6-13-19(17,18)10-7(11)4-3-5-8(10)12/h3-5,13H,6H2,1-2H3,(H,14,16). The zero-order valence-corrected chi connectivity index (χ0v) is 11.1. The number of sulfonamides is 1. The summed E-state index contributed by atoms with van der Waals surface area (Å²) >= 11 is 0. The molecule has 0 heterocycles. The lowest BCUT2D eigenvalue weighted by atomic mass is 10.3. The van der Waals surface area contributed by atoms with E-state index in [4.69, 9.17) is 0 Å². The molecule has 0 atom stereocenters. The van der Waals surface area contributed by atoms with Crippen LogP contribution < -0.4 is 10.1 Å². The molecular formula is C10H13F2N3O3S. The second kappa shape index (κ2) is 6.04. The first-order valence-electron chi connectivity index (χ1n) is 5.14. The Morgan fingerprint density at radius 3 is 2.26 bits per heavy atom.